The monoisotopic (exact) mass is 701 g/mol. The van der Waals surface area contributed by atoms with Gasteiger partial charge in [0.25, 0.3) is 0 Å². The standard InChI is InChI=1S/C40H51N3O8/c44-36(35(25-29-7-2-1-3-8-29)41-40(47)51-33-10-6-21-49-28-33)16-17-38(46)43(39-34-11-5-4-9-31(34)26-37(39)45)27-30-12-14-32(15-13-30)50-24-20-42-18-22-48-23-19-42/h1-5,7-9,11-15,33,35-37,39,44-45H,6,10,16-28H2,(H,41,47)/t33?,35-,36-,37+,39-/m0/s1. The number of morpholine rings is 1. The number of alkyl carbamates (subject to hydrolysis) is 1. The maximum atomic E-state index is 14.2. The van der Waals surface area contributed by atoms with E-state index in [1.54, 1.807) is 4.90 Å². The molecule has 51 heavy (non-hydrogen) atoms. The van der Waals surface area contributed by atoms with Gasteiger partial charge in [0.1, 0.15) is 18.5 Å². The first-order chi connectivity index (χ1) is 24.9. The lowest BCUT2D eigenvalue weighted by atomic mass is 9.97. The summed E-state index contributed by atoms with van der Waals surface area (Å²) in [7, 11) is 0. The van der Waals surface area contributed by atoms with Gasteiger partial charge in [0, 0.05) is 45.6 Å². The molecule has 1 unspecified atom stereocenters. The molecule has 0 radical (unpaired) electrons. The molecule has 2 heterocycles. The van der Waals surface area contributed by atoms with Gasteiger partial charge in [0.15, 0.2) is 0 Å². The minimum atomic E-state index is -1.03. The van der Waals surface area contributed by atoms with Crippen LogP contribution in [0.25, 0.3) is 0 Å². The molecule has 0 aromatic heterocycles. The Balaban J connectivity index is 1.12. The number of benzene rings is 3. The predicted molar refractivity (Wildman–Crippen MR) is 191 cm³/mol. The van der Waals surface area contributed by atoms with Crippen molar-refractivity contribution in [1.82, 2.24) is 15.1 Å². The summed E-state index contributed by atoms with van der Waals surface area (Å²) in [6.45, 7) is 6.00. The summed E-state index contributed by atoms with van der Waals surface area (Å²) in [6.07, 6.45) is -0.228. The van der Waals surface area contributed by atoms with E-state index < -0.39 is 30.4 Å². The van der Waals surface area contributed by atoms with E-state index in [-0.39, 0.29) is 31.4 Å². The maximum Gasteiger partial charge on any atom is 0.407 e. The van der Waals surface area contributed by atoms with Crippen LogP contribution in [-0.4, -0.2) is 109 Å². The van der Waals surface area contributed by atoms with E-state index in [1.807, 2.05) is 78.9 Å². The highest BCUT2D eigenvalue weighted by Crippen LogP contribution is 2.37. The zero-order valence-corrected chi connectivity index (χ0v) is 29.2. The van der Waals surface area contributed by atoms with Crippen LogP contribution < -0.4 is 10.1 Å². The van der Waals surface area contributed by atoms with Crippen LogP contribution >= 0.6 is 0 Å². The second-order valence-electron chi connectivity index (χ2n) is 13.7. The molecule has 0 bridgehead atoms. The number of amides is 2. The molecule has 11 nitrogen and oxygen atoms in total. The Morgan fingerprint density at radius 1 is 0.941 bits per heavy atom. The third-order valence-corrected chi connectivity index (χ3v) is 9.99. The number of aliphatic hydroxyl groups excluding tert-OH is 2. The van der Waals surface area contributed by atoms with Crippen LogP contribution in [0, 0.1) is 0 Å². The van der Waals surface area contributed by atoms with Crippen molar-refractivity contribution in [3.8, 4) is 5.75 Å². The zero-order valence-electron chi connectivity index (χ0n) is 29.2. The average molecular weight is 702 g/mol. The van der Waals surface area contributed by atoms with Crippen LogP contribution in [0.5, 0.6) is 5.75 Å². The SMILES string of the molecule is O=C(N[C@@H](Cc1ccccc1)[C@@H](O)CCC(=O)N(Cc1ccc(OCCN2CCOCC2)cc1)[C@H]1c2ccccc2C[C@H]1O)OC1CCCOC1. The van der Waals surface area contributed by atoms with Crippen molar-refractivity contribution in [3.05, 3.63) is 101 Å². The summed E-state index contributed by atoms with van der Waals surface area (Å²) >= 11 is 0. The van der Waals surface area contributed by atoms with E-state index in [9.17, 15) is 19.8 Å². The number of hydrogen-bond donors (Lipinski definition) is 3. The van der Waals surface area contributed by atoms with Crippen molar-refractivity contribution < 1.29 is 38.7 Å². The Labute approximate surface area is 300 Å². The fourth-order valence-corrected chi connectivity index (χ4v) is 7.18. The topological polar surface area (TPSA) is 130 Å². The van der Waals surface area contributed by atoms with Crippen molar-refractivity contribution in [2.75, 3.05) is 52.7 Å². The molecule has 274 valence electrons. The van der Waals surface area contributed by atoms with Gasteiger partial charge in [-0.3, -0.25) is 9.69 Å². The van der Waals surface area contributed by atoms with Crippen LogP contribution in [0.1, 0.15) is 54.0 Å². The summed E-state index contributed by atoms with van der Waals surface area (Å²) in [5, 5.41) is 25.6. The van der Waals surface area contributed by atoms with Crippen LogP contribution in [0.15, 0.2) is 78.9 Å². The number of fused-ring (bicyclic) bond motifs is 1. The van der Waals surface area contributed by atoms with E-state index in [0.717, 1.165) is 73.7 Å². The summed E-state index contributed by atoms with van der Waals surface area (Å²) in [5.74, 6) is 0.562. The molecule has 3 aromatic carbocycles. The molecule has 3 aromatic rings. The molecule has 5 atom stereocenters. The number of nitrogens with one attached hydrogen (secondary N) is 1. The zero-order chi connectivity index (χ0) is 35.4. The van der Waals surface area contributed by atoms with Crippen LogP contribution in [0.4, 0.5) is 4.79 Å². The van der Waals surface area contributed by atoms with Crippen molar-refractivity contribution >= 4 is 12.0 Å². The number of nitrogens with zero attached hydrogens (tertiary/aromatic N) is 2. The van der Waals surface area contributed by atoms with Gasteiger partial charge in [-0.1, -0.05) is 66.7 Å². The summed E-state index contributed by atoms with van der Waals surface area (Å²) in [5.41, 5.74) is 3.79. The van der Waals surface area contributed by atoms with E-state index in [2.05, 4.69) is 10.2 Å². The second kappa shape index (κ2) is 18.5. The van der Waals surface area contributed by atoms with Gasteiger partial charge < -0.3 is 39.4 Å². The lowest BCUT2D eigenvalue weighted by molar-refractivity contribution is -0.137. The molecule has 3 aliphatic rings. The molecule has 2 aliphatic heterocycles. The minimum Gasteiger partial charge on any atom is -0.492 e. The van der Waals surface area contributed by atoms with Gasteiger partial charge in [-0.2, -0.15) is 0 Å². The van der Waals surface area contributed by atoms with Crippen molar-refractivity contribution in [1.29, 1.82) is 0 Å². The number of aliphatic hydroxyl groups is 2. The molecule has 3 N–H and O–H groups in total. The molecule has 0 spiro atoms. The molecule has 2 fully saturated rings. The lowest BCUT2D eigenvalue weighted by Crippen LogP contribution is -2.47. The van der Waals surface area contributed by atoms with Gasteiger partial charge >= 0.3 is 6.09 Å². The van der Waals surface area contributed by atoms with Gasteiger partial charge in [-0.25, -0.2) is 4.79 Å². The van der Waals surface area contributed by atoms with Gasteiger partial charge in [0.05, 0.1) is 44.1 Å². The first-order valence-corrected chi connectivity index (χ1v) is 18.3. The van der Waals surface area contributed by atoms with Crippen molar-refractivity contribution in [2.45, 2.75) is 75.5 Å². The Morgan fingerprint density at radius 2 is 1.71 bits per heavy atom. The van der Waals surface area contributed by atoms with Crippen LogP contribution in [0.3, 0.4) is 0 Å². The predicted octanol–water partition coefficient (Wildman–Crippen LogP) is 4.04. The number of hydrogen-bond acceptors (Lipinski definition) is 9. The second-order valence-corrected chi connectivity index (χ2v) is 13.7. The van der Waals surface area contributed by atoms with Crippen LogP contribution in [0.2, 0.25) is 0 Å². The Kier molecular flexibility index (Phi) is 13.3. The van der Waals surface area contributed by atoms with Gasteiger partial charge in [-0.15, -0.1) is 0 Å². The van der Waals surface area contributed by atoms with E-state index in [0.29, 0.717) is 32.7 Å². The largest absolute Gasteiger partial charge is 0.492 e. The van der Waals surface area contributed by atoms with Crippen molar-refractivity contribution in [3.63, 3.8) is 0 Å². The molecule has 1 aliphatic carbocycles. The first-order valence-electron chi connectivity index (χ1n) is 18.3. The number of carbonyl (C=O) groups is 2. The smallest absolute Gasteiger partial charge is 0.407 e. The lowest BCUT2D eigenvalue weighted by Gasteiger charge is -2.33. The molecule has 0 saturated carbocycles. The molecule has 11 heteroatoms. The van der Waals surface area contributed by atoms with Gasteiger partial charge in [-0.05, 0) is 60.1 Å². The Hall–Kier alpha value is -4.00. The highest BCUT2D eigenvalue weighted by atomic mass is 16.6. The van der Waals surface area contributed by atoms with Crippen LogP contribution in [-0.2, 0) is 38.4 Å². The third kappa shape index (κ3) is 10.5. The summed E-state index contributed by atoms with van der Waals surface area (Å²) in [6, 6.07) is 24.0. The third-order valence-electron chi connectivity index (χ3n) is 9.99. The molecule has 6 rings (SSSR count). The molecule has 2 amide bonds. The highest BCUT2D eigenvalue weighted by Gasteiger charge is 2.38. The summed E-state index contributed by atoms with van der Waals surface area (Å²) < 4.78 is 22.5. The van der Waals surface area contributed by atoms with E-state index >= 15 is 0 Å². The molecule has 2 saturated heterocycles. The highest BCUT2D eigenvalue weighted by molar-refractivity contribution is 5.77. The number of carbonyl (C=O) groups excluding carboxylic acids is 2. The fourth-order valence-electron chi connectivity index (χ4n) is 7.18. The minimum absolute atomic E-state index is 0.0216. The summed E-state index contributed by atoms with van der Waals surface area (Å²) in [4.78, 5) is 31.1. The quantitative estimate of drug-likeness (QED) is 0.215. The fraction of sp³-hybridized carbons (Fsp3) is 0.500. The number of ether oxygens (including phenoxy) is 4. The van der Waals surface area contributed by atoms with Crippen molar-refractivity contribution in [2.24, 2.45) is 0 Å². The Morgan fingerprint density at radius 3 is 2.47 bits per heavy atom. The Bertz CT molecular complexity index is 1530. The van der Waals surface area contributed by atoms with Gasteiger partial charge in [0.2, 0.25) is 5.91 Å². The maximum absolute atomic E-state index is 14.2. The average Bonchev–Trinajstić information content (AvgIpc) is 3.49. The van der Waals surface area contributed by atoms with E-state index in [1.165, 1.54) is 0 Å². The number of rotatable bonds is 15. The molecular weight excluding hydrogens is 650 g/mol. The molecular formula is C40H51N3O8. The van der Waals surface area contributed by atoms with E-state index in [4.69, 9.17) is 18.9 Å². The normalized spacial score (nSPS) is 21.6. The first kappa shape index (κ1) is 36.8.